The smallest absolute Gasteiger partial charge is 0.330 e. The number of aliphatic hydroxyl groups is 3. The number of nitrogens with zero attached hydrogens (tertiary/aromatic N) is 1. The van der Waals surface area contributed by atoms with E-state index in [1.807, 2.05) is 4.98 Å². The van der Waals surface area contributed by atoms with Crippen molar-refractivity contribution in [3.63, 3.8) is 0 Å². The maximum Gasteiger partial charge on any atom is 0.330 e. The summed E-state index contributed by atoms with van der Waals surface area (Å²) in [4.78, 5) is 24.6. The van der Waals surface area contributed by atoms with E-state index in [4.69, 9.17) is 4.74 Å². The molecule has 4 N–H and O–H groups in total. The van der Waals surface area contributed by atoms with Crippen LogP contribution in [0.2, 0.25) is 0 Å². The Balaban J connectivity index is 2.06. The van der Waals surface area contributed by atoms with Gasteiger partial charge in [0.05, 0.1) is 0 Å². The molecule has 98 valence electrons. The largest absolute Gasteiger partial charge is 0.387 e. The van der Waals surface area contributed by atoms with E-state index in [1.165, 1.54) is 13.1 Å². The first-order chi connectivity index (χ1) is 8.30. The number of hydrogen-bond donors (Lipinski definition) is 4. The zero-order valence-corrected chi connectivity index (χ0v) is 9.40. The minimum Gasteiger partial charge on any atom is -0.387 e. The van der Waals surface area contributed by atoms with Crippen LogP contribution in [0.3, 0.4) is 0 Å². The molecule has 8 nitrogen and oxygen atoms in total. The standard InChI is InChI=1S/C10H12N2O6/c1-9(16)7(18-6-5(14)10(6,9)17)12-3-2-4(13)11-8(12)15/h2-3,5-7,14,16-17H,1H3,(H,11,13,15)/t5?,6-,7-,9+,10-/m1/s1. The molecular weight excluding hydrogens is 244 g/mol. The fourth-order valence-corrected chi connectivity index (χ4v) is 2.51. The average molecular weight is 256 g/mol. The van der Waals surface area contributed by atoms with Crippen molar-refractivity contribution in [1.82, 2.24) is 9.55 Å². The van der Waals surface area contributed by atoms with Crippen LogP contribution >= 0.6 is 0 Å². The predicted octanol–water partition coefficient (Wildman–Crippen LogP) is -2.71. The SMILES string of the molecule is C[C@]1(O)[C@H](n2ccc(=O)[nH]c2=O)O[C@@H]2C(O)[C@@]21O. The van der Waals surface area contributed by atoms with Gasteiger partial charge in [-0.25, -0.2) is 4.79 Å². The first kappa shape index (κ1) is 11.6. The summed E-state index contributed by atoms with van der Waals surface area (Å²) in [6.07, 6.45) is -2.11. The second-order valence-electron chi connectivity index (χ2n) is 4.84. The number of ether oxygens (including phenoxy) is 1. The molecule has 2 aliphatic rings. The molecular formula is C10H12N2O6. The van der Waals surface area contributed by atoms with E-state index in [9.17, 15) is 24.9 Å². The number of aliphatic hydroxyl groups excluding tert-OH is 1. The Morgan fingerprint density at radius 3 is 2.61 bits per heavy atom. The number of fused-ring (bicyclic) bond motifs is 1. The normalized spacial score (nSPS) is 45.9. The van der Waals surface area contributed by atoms with Gasteiger partial charge in [0.1, 0.15) is 17.8 Å². The number of aromatic nitrogens is 2. The number of aromatic amines is 1. The highest BCUT2D eigenvalue weighted by Crippen LogP contribution is 2.58. The van der Waals surface area contributed by atoms with Gasteiger partial charge in [-0.1, -0.05) is 0 Å². The average Bonchev–Trinajstić information content (AvgIpc) is 2.72. The third kappa shape index (κ3) is 1.13. The van der Waals surface area contributed by atoms with Crippen LogP contribution in [0.5, 0.6) is 0 Å². The Hall–Kier alpha value is -1.48. The van der Waals surface area contributed by atoms with Crippen molar-refractivity contribution in [2.45, 2.75) is 36.6 Å². The lowest BCUT2D eigenvalue weighted by Gasteiger charge is -2.32. The van der Waals surface area contributed by atoms with Crippen LogP contribution in [0.1, 0.15) is 13.2 Å². The molecule has 1 aromatic heterocycles. The molecule has 1 aromatic rings. The summed E-state index contributed by atoms with van der Waals surface area (Å²) in [5, 5.41) is 29.7. The third-order valence-electron chi connectivity index (χ3n) is 3.73. The molecule has 2 heterocycles. The van der Waals surface area contributed by atoms with Crippen molar-refractivity contribution in [1.29, 1.82) is 0 Å². The van der Waals surface area contributed by atoms with Gasteiger partial charge >= 0.3 is 5.69 Å². The molecule has 1 saturated heterocycles. The monoisotopic (exact) mass is 256 g/mol. The van der Waals surface area contributed by atoms with Gasteiger partial charge in [-0.2, -0.15) is 0 Å². The quantitative estimate of drug-likeness (QED) is 0.433. The highest BCUT2D eigenvalue weighted by atomic mass is 16.6. The molecule has 1 aliphatic heterocycles. The molecule has 2 fully saturated rings. The summed E-state index contributed by atoms with van der Waals surface area (Å²) < 4.78 is 6.23. The van der Waals surface area contributed by atoms with E-state index in [2.05, 4.69) is 0 Å². The zero-order chi connectivity index (χ0) is 13.3. The number of rotatable bonds is 1. The Morgan fingerprint density at radius 2 is 2.11 bits per heavy atom. The van der Waals surface area contributed by atoms with E-state index >= 15 is 0 Å². The van der Waals surface area contributed by atoms with E-state index in [1.54, 1.807) is 0 Å². The van der Waals surface area contributed by atoms with Gasteiger partial charge in [-0.15, -0.1) is 0 Å². The molecule has 18 heavy (non-hydrogen) atoms. The summed E-state index contributed by atoms with van der Waals surface area (Å²) in [6.45, 7) is 1.27. The minimum atomic E-state index is -1.83. The number of nitrogens with one attached hydrogen (secondary N) is 1. The van der Waals surface area contributed by atoms with Gasteiger partial charge in [0.2, 0.25) is 0 Å². The van der Waals surface area contributed by atoms with Gasteiger partial charge in [0.25, 0.3) is 5.56 Å². The van der Waals surface area contributed by atoms with E-state index in [-0.39, 0.29) is 0 Å². The zero-order valence-electron chi connectivity index (χ0n) is 9.40. The van der Waals surface area contributed by atoms with Crippen LogP contribution in [0, 0.1) is 0 Å². The highest BCUT2D eigenvalue weighted by molar-refractivity contribution is 5.29. The van der Waals surface area contributed by atoms with E-state index < -0.39 is 40.9 Å². The number of hydrogen-bond acceptors (Lipinski definition) is 6. The van der Waals surface area contributed by atoms with E-state index in [0.717, 1.165) is 10.6 Å². The van der Waals surface area contributed by atoms with Crippen LogP contribution in [0.15, 0.2) is 21.9 Å². The summed E-state index contributed by atoms with van der Waals surface area (Å²) in [6, 6.07) is 1.10. The molecule has 8 heteroatoms. The van der Waals surface area contributed by atoms with Gasteiger partial charge in [-0.3, -0.25) is 14.3 Å². The summed E-state index contributed by atoms with van der Waals surface area (Å²) in [7, 11) is 0. The molecule has 0 bridgehead atoms. The molecule has 0 aromatic carbocycles. The van der Waals surface area contributed by atoms with Crippen LogP contribution in [0.25, 0.3) is 0 Å². The first-order valence-corrected chi connectivity index (χ1v) is 5.40. The maximum atomic E-state index is 11.6. The Kier molecular flexibility index (Phi) is 1.99. The van der Waals surface area contributed by atoms with E-state index in [0.29, 0.717) is 0 Å². The van der Waals surface area contributed by atoms with Crippen LogP contribution in [-0.2, 0) is 4.74 Å². The van der Waals surface area contributed by atoms with Gasteiger partial charge in [0.15, 0.2) is 11.8 Å². The van der Waals surface area contributed by atoms with Gasteiger partial charge in [0, 0.05) is 12.3 Å². The Bertz CT molecular complexity index is 619. The van der Waals surface area contributed by atoms with Gasteiger partial charge < -0.3 is 20.1 Å². The molecule has 1 unspecified atom stereocenters. The molecule has 1 aliphatic carbocycles. The second-order valence-corrected chi connectivity index (χ2v) is 4.84. The van der Waals surface area contributed by atoms with Crippen LogP contribution in [0.4, 0.5) is 0 Å². The fraction of sp³-hybridized carbons (Fsp3) is 0.600. The molecule has 0 radical (unpaired) electrons. The van der Waals surface area contributed by atoms with Crippen molar-refractivity contribution in [2.24, 2.45) is 0 Å². The highest BCUT2D eigenvalue weighted by Gasteiger charge is 2.82. The van der Waals surface area contributed by atoms with Crippen molar-refractivity contribution < 1.29 is 20.1 Å². The van der Waals surface area contributed by atoms with Crippen molar-refractivity contribution in [3.05, 3.63) is 33.1 Å². The molecule has 0 amide bonds. The lowest BCUT2D eigenvalue weighted by Crippen LogP contribution is -2.51. The van der Waals surface area contributed by atoms with Crippen LogP contribution < -0.4 is 11.2 Å². The third-order valence-corrected chi connectivity index (χ3v) is 3.73. The first-order valence-electron chi connectivity index (χ1n) is 5.40. The lowest BCUT2D eigenvalue weighted by molar-refractivity contribution is -0.159. The van der Waals surface area contributed by atoms with Crippen molar-refractivity contribution in [2.75, 3.05) is 0 Å². The summed E-state index contributed by atoms with van der Waals surface area (Å²) in [5.41, 5.74) is -4.95. The molecule has 1 saturated carbocycles. The van der Waals surface area contributed by atoms with Crippen LogP contribution in [-0.4, -0.2) is 48.3 Å². The van der Waals surface area contributed by atoms with Crippen molar-refractivity contribution >= 4 is 0 Å². The summed E-state index contributed by atoms with van der Waals surface area (Å²) in [5.74, 6) is 0. The lowest BCUT2D eigenvalue weighted by atomic mass is 9.95. The molecule has 0 spiro atoms. The topological polar surface area (TPSA) is 125 Å². The Labute approximate surface area is 100 Å². The summed E-state index contributed by atoms with van der Waals surface area (Å²) >= 11 is 0. The fourth-order valence-electron chi connectivity index (χ4n) is 2.51. The number of H-pyrrole nitrogens is 1. The molecule has 5 atom stereocenters. The maximum absolute atomic E-state index is 11.6. The second kappa shape index (κ2) is 3.09. The van der Waals surface area contributed by atoms with Crippen molar-refractivity contribution in [3.8, 4) is 0 Å². The van der Waals surface area contributed by atoms with Gasteiger partial charge in [-0.05, 0) is 6.92 Å². The minimum absolute atomic E-state index is 0.571. The molecule has 3 rings (SSSR count). The predicted molar refractivity (Wildman–Crippen MR) is 56.8 cm³/mol. The Morgan fingerprint density at radius 1 is 1.44 bits per heavy atom.